The largest absolute Gasteiger partial charge is 0.348 e. The van der Waals surface area contributed by atoms with Crippen LogP contribution in [0, 0.1) is 11.3 Å². The first-order valence-corrected chi connectivity index (χ1v) is 4.87. The van der Waals surface area contributed by atoms with Crippen LogP contribution in [0.5, 0.6) is 0 Å². The number of nitrogens with zero attached hydrogens (tertiary/aromatic N) is 2. The van der Waals surface area contributed by atoms with Gasteiger partial charge in [0.25, 0.3) is 0 Å². The summed E-state index contributed by atoms with van der Waals surface area (Å²) in [6.07, 6.45) is 2.66. The maximum absolute atomic E-state index is 11.0. The zero-order valence-corrected chi connectivity index (χ0v) is 8.84. The Morgan fingerprint density at radius 1 is 1.38 bits per heavy atom. The Labute approximate surface area is 93.6 Å². The quantitative estimate of drug-likeness (QED) is 0.714. The van der Waals surface area contributed by atoms with Crippen molar-refractivity contribution in [3.8, 4) is 17.2 Å². The van der Waals surface area contributed by atoms with E-state index in [1.807, 2.05) is 31.4 Å². The zero-order valence-electron chi connectivity index (χ0n) is 8.84. The van der Waals surface area contributed by atoms with E-state index in [1.165, 1.54) is 0 Å². The Morgan fingerprint density at radius 3 is 2.88 bits per heavy atom. The Bertz CT molecular complexity index is 576. The van der Waals surface area contributed by atoms with Crippen molar-refractivity contribution in [2.75, 3.05) is 0 Å². The van der Waals surface area contributed by atoms with E-state index >= 15 is 0 Å². The molecule has 1 aromatic carbocycles. The first-order valence-electron chi connectivity index (χ1n) is 4.87. The minimum atomic E-state index is 0.596. The summed E-state index contributed by atoms with van der Waals surface area (Å²) in [5, 5.41) is 8.82. The lowest BCUT2D eigenvalue weighted by atomic mass is 10.0. The van der Waals surface area contributed by atoms with Gasteiger partial charge in [0.05, 0.1) is 17.3 Å². The first kappa shape index (κ1) is 10.2. The lowest BCUT2D eigenvalue weighted by Crippen LogP contribution is -1.94. The number of rotatable bonds is 2. The van der Waals surface area contributed by atoms with Crippen LogP contribution in [0.25, 0.3) is 11.1 Å². The van der Waals surface area contributed by atoms with Gasteiger partial charge in [-0.25, -0.2) is 0 Å². The molecule has 1 aromatic heterocycles. The number of benzene rings is 1. The van der Waals surface area contributed by atoms with Crippen LogP contribution in [0.4, 0.5) is 0 Å². The van der Waals surface area contributed by atoms with Gasteiger partial charge in [0.2, 0.25) is 0 Å². The number of hydrogen-bond acceptors (Lipinski definition) is 2. The molecule has 16 heavy (non-hydrogen) atoms. The summed E-state index contributed by atoms with van der Waals surface area (Å²) < 4.78 is 1.77. The molecule has 0 radical (unpaired) electrons. The molecule has 0 fully saturated rings. The third kappa shape index (κ3) is 1.61. The van der Waals surface area contributed by atoms with Gasteiger partial charge in [0.1, 0.15) is 0 Å². The monoisotopic (exact) mass is 210 g/mol. The highest BCUT2D eigenvalue weighted by molar-refractivity contribution is 5.86. The van der Waals surface area contributed by atoms with E-state index in [9.17, 15) is 4.79 Å². The van der Waals surface area contributed by atoms with E-state index in [2.05, 4.69) is 6.07 Å². The van der Waals surface area contributed by atoms with Crippen molar-refractivity contribution in [1.82, 2.24) is 4.57 Å². The predicted octanol–water partition coefficient (Wildman–Crippen LogP) is 2.38. The molecule has 0 unspecified atom stereocenters. The predicted molar refractivity (Wildman–Crippen MR) is 61.0 cm³/mol. The molecule has 0 N–H and O–H groups in total. The molecule has 0 bridgehead atoms. The number of carbonyl (C=O) groups excluding carboxylic acids is 1. The summed E-state index contributed by atoms with van der Waals surface area (Å²) in [6, 6.07) is 11.2. The number of aromatic nitrogens is 1. The van der Waals surface area contributed by atoms with Crippen molar-refractivity contribution >= 4 is 6.29 Å². The SMILES string of the molecule is Cn1ccc(-c2cccc(C#N)c2)c1C=O. The Balaban J connectivity index is 2.59. The lowest BCUT2D eigenvalue weighted by molar-refractivity contribution is 0.111. The second kappa shape index (κ2) is 4.03. The molecule has 0 aliphatic carbocycles. The van der Waals surface area contributed by atoms with Crippen molar-refractivity contribution in [1.29, 1.82) is 5.26 Å². The molecule has 0 amide bonds. The summed E-state index contributed by atoms with van der Waals surface area (Å²) in [5.41, 5.74) is 2.96. The summed E-state index contributed by atoms with van der Waals surface area (Å²) in [5.74, 6) is 0. The second-order valence-electron chi connectivity index (χ2n) is 3.54. The van der Waals surface area contributed by atoms with Crippen LogP contribution in [-0.4, -0.2) is 10.9 Å². The fourth-order valence-corrected chi connectivity index (χ4v) is 1.69. The minimum Gasteiger partial charge on any atom is -0.348 e. The molecule has 0 spiro atoms. The lowest BCUT2D eigenvalue weighted by Gasteiger charge is -2.01. The molecular weight excluding hydrogens is 200 g/mol. The van der Waals surface area contributed by atoms with E-state index in [0.717, 1.165) is 17.4 Å². The summed E-state index contributed by atoms with van der Waals surface area (Å²) in [7, 11) is 1.82. The molecule has 0 saturated carbocycles. The van der Waals surface area contributed by atoms with Crippen LogP contribution in [0.15, 0.2) is 36.5 Å². The van der Waals surface area contributed by atoms with Crippen molar-refractivity contribution in [2.45, 2.75) is 0 Å². The minimum absolute atomic E-state index is 0.596. The summed E-state index contributed by atoms with van der Waals surface area (Å²) in [4.78, 5) is 11.0. The van der Waals surface area contributed by atoms with E-state index in [1.54, 1.807) is 16.7 Å². The van der Waals surface area contributed by atoms with Crippen LogP contribution in [0.1, 0.15) is 16.1 Å². The topological polar surface area (TPSA) is 45.8 Å². The molecule has 1 heterocycles. The second-order valence-corrected chi connectivity index (χ2v) is 3.54. The first-order chi connectivity index (χ1) is 7.76. The standard InChI is InChI=1S/C13H10N2O/c1-15-6-5-12(13(15)9-16)11-4-2-3-10(7-11)8-14/h2-7,9H,1H3. The molecule has 2 rings (SSSR count). The zero-order chi connectivity index (χ0) is 11.5. The molecule has 3 nitrogen and oxygen atoms in total. The van der Waals surface area contributed by atoms with Crippen molar-refractivity contribution in [3.63, 3.8) is 0 Å². The van der Waals surface area contributed by atoms with E-state index in [-0.39, 0.29) is 0 Å². The van der Waals surface area contributed by atoms with Gasteiger partial charge in [-0.05, 0) is 23.8 Å². The maximum atomic E-state index is 11.0. The van der Waals surface area contributed by atoms with Crippen LogP contribution in [-0.2, 0) is 7.05 Å². The number of aldehydes is 1. The van der Waals surface area contributed by atoms with Crippen molar-refractivity contribution in [2.24, 2.45) is 7.05 Å². The fourth-order valence-electron chi connectivity index (χ4n) is 1.69. The molecule has 2 aromatic rings. The van der Waals surface area contributed by atoms with Gasteiger partial charge in [-0.2, -0.15) is 5.26 Å². The molecule has 0 aliphatic rings. The molecule has 0 aliphatic heterocycles. The Hall–Kier alpha value is -2.34. The summed E-state index contributed by atoms with van der Waals surface area (Å²) in [6.45, 7) is 0. The average Bonchev–Trinajstić information content (AvgIpc) is 2.70. The molecule has 78 valence electrons. The summed E-state index contributed by atoms with van der Waals surface area (Å²) >= 11 is 0. The number of nitriles is 1. The van der Waals surface area contributed by atoms with Crippen LogP contribution in [0.2, 0.25) is 0 Å². The van der Waals surface area contributed by atoms with Crippen molar-refractivity contribution < 1.29 is 4.79 Å². The third-order valence-corrected chi connectivity index (χ3v) is 2.54. The van der Waals surface area contributed by atoms with Crippen LogP contribution < -0.4 is 0 Å². The molecular formula is C13H10N2O. The highest BCUT2D eigenvalue weighted by Crippen LogP contribution is 2.24. The van der Waals surface area contributed by atoms with Gasteiger partial charge in [0, 0.05) is 18.8 Å². The molecule has 0 saturated heterocycles. The highest BCUT2D eigenvalue weighted by Gasteiger charge is 2.08. The smallest absolute Gasteiger partial charge is 0.167 e. The Kier molecular flexibility index (Phi) is 2.57. The fraction of sp³-hybridized carbons (Fsp3) is 0.0769. The number of carbonyl (C=O) groups is 1. The van der Waals surface area contributed by atoms with E-state index in [4.69, 9.17) is 5.26 Å². The maximum Gasteiger partial charge on any atom is 0.167 e. The van der Waals surface area contributed by atoms with Crippen LogP contribution >= 0.6 is 0 Å². The number of aryl methyl sites for hydroxylation is 1. The van der Waals surface area contributed by atoms with Gasteiger partial charge in [0.15, 0.2) is 6.29 Å². The number of hydrogen-bond donors (Lipinski definition) is 0. The van der Waals surface area contributed by atoms with Gasteiger partial charge in [-0.1, -0.05) is 12.1 Å². The van der Waals surface area contributed by atoms with Crippen LogP contribution in [0.3, 0.4) is 0 Å². The average molecular weight is 210 g/mol. The van der Waals surface area contributed by atoms with Crippen molar-refractivity contribution in [3.05, 3.63) is 47.8 Å². The molecule has 0 atom stereocenters. The normalized spacial score (nSPS) is 9.75. The van der Waals surface area contributed by atoms with Gasteiger partial charge in [-0.15, -0.1) is 0 Å². The molecule has 3 heteroatoms. The highest BCUT2D eigenvalue weighted by atomic mass is 16.1. The van der Waals surface area contributed by atoms with Gasteiger partial charge in [-0.3, -0.25) is 4.79 Å². The van der Waals surface area contributed by atoms with E-state index in [0.29, 0.717) is 11.3 Å². The van der Waals surface area contributed by atoms with Gasteiger partial charge >= 0.3 is 0 Å². The Morgan fingerprint density at radius 2 is 2.19 bits per heavy atom. The third-order valence-electron chi connectivity index (χ3n) is 2.54. The van der Waals surface area contributed by atoms with E-state index < -0.39 is 0 Å². The van der Waals surface area contributed by atoms with Gasteiger partial charge < -0.3 is 4.57 Å².